The third-order valence-electron chi connectivity index (χ3n) is 7.29. The highest BCUT2D eigenvalue weighted by atomic mass is 32.2. The van der Waals surface area contributed by atoms with Gasteiger partial charge in [-0.2, -0.15) is 0 Å². The highest BCUT2D eigenvalue weighted by molar-refractivity contribution is 8.01. The first-order valence-electron chi connectivity index (χ1n) is 10.8. The molecule has 5 heteroatoms. The van der Waals surface area contributed by atoms with E-state index in [1.54, 1.807) is 0 Å². The van der Waals surface area contributed by atoms with Crippen molar-refractivity contribution >= 4 is 23.7 Å². The lowest BCUT2D eigenvalue weighted by Gasteiger charge is -2.55. The number of rotatable bonds is 4. The third kappa shape index (κ3) is 3.02. The number of carbonyl (C=O) groups is 1. The second-order valence-corrected chi connectivity index (χ2v) is 10.2. The molecule has 1 saturated carbocycles. The van der Waals surface area contributed by atoms with E-state index in [0.29, 0.717) is 5.92 Å². The number of hydrogen-bond donors (Lipinski definition) is 1. The molecule has 1 aromatic carbocycles. The summed E-state index contributed by atoms with van der Waals surface area (Å²) in [5.41, 5.74) is 2.00. The van der Waals surface area contributed by atoms with Gasteiger partial charge in [0.2, 0.25) is 0 Å². The minimum Gasteiger partial charge on any atom is -0.357 e. The largest absolute Gasteiger partial charge is 0.357 e. The summed E-state index contributed by atoms with van der Waals surface area (Å²) in [4.78, 5) is 18.0. The molecule has 3 fully saturated rings. The van der Waals surface area contributed by atoms with Crippen LogP contribution in [-0.2, 0) is 0 Å². The Balaban J connectivity index is 1.36. The number of thioether (sulfide) groups is 1. The zero-order valence-electron chi connectivity index (χ0n) is 16.3. The maximum atomic E-state index is 11.2. The lowest BCUT2D eigenvalue weighted by Crippen LogP contribution is -2.62. The van der Waals surface area contributed by atoms with Crippen molar-refractivity contribution in [2.45, 2.75) is 73.8 Å². The fourth-order valence-corrected chi connectivity index (χ4v) is 7.25. The second kappa shape index (κ2) is 7.09. The Hall–Kier alpha value is -1.04. The van der Waals surface area contributed by atoms with E-state index < -0.39 is 0 Å². The van der Waals surface area contributed by atoms with Gasteiger partial charge >= 0.3 is 0 Å². The third-order valence-corrected chi connectivity index (χ3v) is 8.85. The predicted octanol–water partition coefficient (Wildman–Crippen LogP) is 4.42. The first kappa shape index (κ1) is 18.0. The molecule has 3 aliphatic heterocycles. The number of likely N-dealkylation sites (tertiary alicyclic amines) is 2. The van der Waals surface area contributed by atoms with E-state index in [1.807, 2.05) is 17.8 Å². The van der Waals surface area contributed by atoms with E-state index in [-0.39, 0.29) is 4.99 Å². The van der Waals surface area contributed by atoms with Crippen LogP contribution in [0.25, 0.3) is 0 Å². The van der Waals surface area contributed by atoms with Crippen LogP contribution in [0.2, 0.25) is 0 Å². The molecule has 0 bridgehead atoms. The molecule has 0 aromatic heterocycles. The number of piperidine rings is 1. The first-order valence-corrected chi connectivity index (χ1v) is 11.6. The first-order chi connectivity index (χ1) is 13.2. The van der Waals surface area contributed by atoms with Gasteiger partial charge in [0.15, 0.2) is 0 Å². The Kier molecular flexibility index (Phi) is 4.73. The van der Waals surface area contributed by atoms with Crippen LogP contribution in [0, 0.1) is 5.92 Å². The van der Waals surface area contributed by atoms with Gasteiger partial charge in [0.25, 0.3) is 0 Å². The van der Waals surface area contributed by atoms with Gasteiger partial charge in [-0.1, -0.05) is 18.2 Å². The molecule has 1 aromatic rings. The molecule has 4 aliphatic rings. The van der Waals surface area contributed by atoms with Crippen molar-refractivity contribution in [3.8, 4) is 0 Å². The van der Waals surface area contributed by atoms with Crippen LogP contribution in [0.4, 0.5) is 5.69 Å². The van der Waals surface area contributed by atoms with Crippen molar-refractivity contribution in [1.29, 1.82) is 0 Å². The van der Waals surface area contributed by atoms with Gasteiger partial charge in [0.1, 0.15) is 11.3 Å². The van der Waals surface area contributed by atoms with Crippen LogP contribution >= 0.6 is 11.8 Å². The van der Waals surface area contributed by atoms with E-state index in [4.69, 9.17) is 0 Å². The summed E-state index contributed by atoms with van der Waals surface area (Å²) in [5.74, 6) is 0.673. The Morgan fingerprint density at radius 2 is 1.93 bits per heavy atom. The normalized spacial score (nSPS) is 36.9. The summed E-state index contributed by atoms with van der Waals surface area (Å²) in [7, 11) is 0. The molecule has 1 unspecified atom stereocenters. The molecular formula is C22H31N3OS. The fraction of sp³-hybridized carbons (Fsp3) is 0.682. The number of benzene rings is 1. The average Bonchev–Trinajstić information content (AvgIpc) is 3.29. The molecule has 27 heavy (non-hydrogen) atoms. The number of hydrogen-bond acceptors (Lipinski definition) is 5. The van der Waals surface area contributed by atoms with Crippen molar-refractivity contribution in [2.75, 3.05) is 25.0 Å². The summed E-state index contributed by atoms with van der Waals surface area (Å²) in [6.45, 7) is 6.09. The molecule has 0 amide bonds. The minimum atomic E-state index is -0.00410. The molecule has 0 spiro atoms. The smallest absolute Gasteiger partial charge is 0.150 e. The number of fused-ring (bicyclic) bond motifs is 1. The standard InChI is InChI=1S/C22H31N3OS/c1-16-6-2-3-11-25(16)19-13-18(14-19)22(24-9-4-5-10-24)23-20-8-7-17(15-26)12-21(20)27-22/h7-8,12,15-16,18-19,23H,2-6,9-11,13-14H2,1H3/t16-,18?,19?,22?/m0/s1. The zero-order chi connectivity index (χ0) is 18.4. The van der Waals surface area contributed by atoms with Gasteiger partial charge in [-0.05, 0) is 70.2 Å². The van der Waals surface area contributed by atoms with E-state index in [2.05, 4.69) is 34.2 Å². The van der Waals surface area contributed by atoms with Crippen molar-refractivity contribution in [1.82, 2.24) is 9.80 Å². The number of nitrogens with zero attached hydrogens (tertiary/aromatic N) is 2. The van der Waals surface area contributed by atoms with E-state index >= 15 is 0 Å². The zero-order valence-corrected chi connectivity index (χ0v) is 17.1. The fourth-order valence-electron chi connectivity index (χ4n) is 5.66. The van der Waals surface area contributed by atoms with Gasteiger partial charge in [-0.15, -0.1) is 0 Å². The molecule has 0 radical (unpaired) electrons. The van der Waals surface area contributed by atoms with Crippen molar-refractivity contribution in [2.24, 2.45) is 5.92 Å². The summed E-state index contributed by atoms with van der Waals surface area (Å²) in [6.07, 6.45) is 10.3. The van der Waals surface area contributed by atoms with Crippen LogP contribution in [0.5, 0.6) is 0 Å². The molecule has 4 nitrogen and oxygen atoms in total. The Labute approximate surface area is 167 Å². The lowest BCUT2D eigenvalue weighted by atomic mass is 9.75. The highest BCUT2D eigenvalue weighted by Gasteiger charge is 2.55. The highest BCUT2D eigenvalue weighted by Crippen LogP contribution is 2.57. The summed E-state index contributed by atoms with van der Waals surface area (Å²) in [6, 6.07) is 7.64. The molecule has 1 N–H and O–H groups in total. The number of aldehydes is 1. The predicted molar refractivity (Wildman–Crippen MR) is 111 cm³/mol. The number of nitrogens with one attached hydrogen (secondary N) is 1. The maximum Gasteiger partial charge on any atom is 0.150 e. The molecule has 146 valence electrons. The van der Waals surface area contributed by atoms with Crippen molar-refractivity contribution in [3.63, 3.8) is 0 Å². The van der Waals surface area contributed by atoms with Crippen molar-refractivity contribution < 1.29 is 4.79 Å². The van der Waals surface area contributed by atoms with Crippen LogP contribution in [0.1, 0.15) is 62.2 Å². The van der Waals surface area contributed by atoms with Gasteiger partial charge in [0.05, 0.1) is 5.69 Å². The van der Waals surface area contributed by atoms with E-state index in [1.165, 1.54) is 75.2 Å². The molecule has 5 rings (SSSR count). The summed E-state index contributed by atoms with van der Waals surface area (Å²) >= 11 is 1.98. The molecular weight excluding hydrogens is 354 g/mol. The van der Waals surface area contributed by atoms with Gasteiger partial charge < -0.3 is 5.32 Å². The summed E-state index contributed by atoms with van der Waals surface area (Å²) in [5, 5.41) is 3.93. The van der Waals surface area contributed by atoms with Crippen LogP contribution in [0.15, 0.2) is 23.1 Å². The van der Waals surface area contributed by atoms with Gasteiger partial charge in [-0.25, -0.2) is 0 Å². The summed E-state index contributed by atoms with van der Waals surface area (Å²) < 4.78 is 0. The Morgan fingerprint density at radius 1 is 1.15 bits per heavy atom. The monoisotopic (exact) mass is 385 g/mol. The van der Waals surface area contributed by atoms with Crippen LogP contribution < -0.4 is 5.32 Å². The van der Waals surface area contributed by atoms with E-state index in [0.717, 1.165) is 23.9 Å². The van der Waals surface area contributed by atoms with Crippen LogP contribution in [0.3, 0.4) is 0 Å². The maximum absolute atomic E-state index is 11.2. The van der Waals surface area contributed by atoms with Crippen LogP contribution in [-0.4, -0.2) is 52.8 Å². The SMILES string of the molecule is C[C@H]1CCCCN1C1CC(C2(N3CCCC3)Nc3ccc(C=O)cc3S2)C1. The van der Waals surface area contributed by atoms with Gasteiger partial charge in [0, 0.05) is 41.6 Å². The molecule has 2 saturated heterocycles. The number of carbonyl (C=O) groups excluding carboxylic acids is 1. The quantitative estimate of drug-likeness (QED) is 0.777. The van der Waals surface area contributed by atoms with Gasteiger partial charge in [-0.3, -0.25) is 14.6 Å². The minimum absolute atomic E-state index is 0.00410. The molecule has 2 atom stereocenters. The van der Waals surface area contributed by atoms with E-state index in [9.17, 15) is 4.79 Å². The number of anilines is 1. The topological polar surface area (TPSA) is 35.6 Å². The van der Waals surface area contributed by atoms with Crippen molar-refractivity contribution in [3.05, 3.63) is 23.8 Å². The second-order valence-electron chi connectivity index (χ2n) is 8.90. The lowest BCUT2D eigenvalue weighted by molar-refractivity contribution is -0.00830. The Morgan fingerprint density at radius 3 is 2.67 bits per heavy atom. The Bertz CT molecular complexity index is 714. The average molecular weight is 386 g/mol. The molecule has 1 aliphatic carbocycles. The molecule has 3 heterocycles.